The molecule has 19 heavy (non-hydrogen) atoms. The number of ketones is 1. The minimum atomic E-state index is 0.111. The van der Waals surface area contributed by atoms with Crippen LogP contribution in [-0.2, 0) is 5.41 Å². The normalized spacial score (nSPS) is 11.6. The first kappa shape index (κ1) is 14.0. The minimum Gasteiger partial charge on any atom is -0.288 e. The number of hydrogen-bond acceptors (Lipinski definition) is 2. The predicted molar refractivity (Wildman–Crippen MR) is 82.4 cm³/mol. The highest BCUT2D eigenvalue weighted by Crippen LogP contribution is 2.28. The molecular formula is C17H20OS. The van der Waals surface area contributed by atoms with Gasteiger partial charge in [-0.3, -0.25) is 4.79 Å². The number of carbonyl (C=O) groups is 1. The van der Waals surface area contributed by atoms with Crippen LogP contribution in [0.3, 0.4) is 0 Å². The summed E-state index contributed by atoms with van der Waals surface area (Å²) < 4.78 is 0. The van der Waals surface area contributed by atoms with Crippen LogP contribution in [0.2, 0.25) is 0 Å². The van der Waals surface area contributed by atoms with E-state index in [1.807, 2.05) is 31.4 Å². The van der Waals surface area contributed by atoms with Gasteiger partial charge in [-0.05, 0) is 47.4 Å². The third kappa shape index (κ3) is 2.79. The lowest BCUT2D eigenvalue weighted by Crippen LogP contribution is -2.14. The number of rotatable bonds is 2. The molecule has 0 aliphatic heterocycles. The van der Waals surface area contributed by atoms with Crippen LogP contribution in [-0.4, -0.2) is 5.78 Å². The summed E-state index contributed by atoms with van der Waals surface area (Å²) in [5.74, 6) is 0.144. The van der Waals surface area contributed by atoms with E-state index in [-0.39, 0.29) is 11.2 Å². The van der Waals surface area contributed by atoms with E-state index in [1.165, 1.54) is 16.9 Å². The van der Waals surface area contributed by atoms with Crippen LogP contribution < -0.4 is 0 Å². The highest BCUT2D eigenvalue weighted by atomic mass is 32.1. The molecule has 0 spiro atoms. The Hall–Kier alpha value is -1.41. The minimum absolute atomic E-state index is 0.111. The van der Waals surface area contributed by atoms with Gasteiger partial charge in [-0.25, -0.2) is 0 Å². The quantitative estimate of drug-likeness (QED) is 0.711. The molecule has 1 nitrogen and oxygen atoms in total. The number of thiophene rings is 1. The van der Waals surface area contributed by atoms with E-state index in [0.717, 1.165) is 21.6 Å². The number of carbonyl (C=O) groups excluding carboxylic acids is 1. The summed E-state index contributed by atoms with van der Waals surface area (Å²) in [6, 6.07) is 8.11. The van der Waals surface area contributed by atoms with Crippen LogP contribution in [0, 0.1) is 13.8 Å². The van der Waals surface area contributed by atoms with Crippen molar-refractivity contribution in [2.24, 2.45) is 0 Å². The second-order valence-electron chi connectivity index (χ2n) is 6.04. The lowest BCUT2D eigenvalue weighted by molar-refractivity contribution is 0.104. The molecule has 2 aromatic rings. The van der Waals surface area contributed by atoms with E-state index in [0.29, 0.717) is 0 Å². The molecule has 100 valence electrons. The third-order valence-electron chi connectivity index (χ3n) is 3.37. The standard InChI is InChI=1S/C17H20OS/c1-11-9-13(17(3,4)5)10-12(2)15(11)16(18)14-7-6-8-19-14/h6-10H,1-5H3. The van der Waals surface area contributed by atoms with E-state index in [1.54, 1.807) is 0 Å². The largest absolute Gasteiger partial charge is 0.288 e. The molecule has 1 aromatic carbocycles. The maximum Gasteiger partial charge on any atom is 0.203 e. The molecular weight excluding hydrogens is 252 g/mol. The molecule has 0 radical (unpaired) electrons. The SMILES string of the molecule is Cc1cc(C(C)(C)C)cc(C)c1C(=O)c1cccs1. The van der Waals surface area contributed by atoms with Crippen LogP contribution in [0.15, 0.2) is 29.6 Å². The first-order chi connectivity index (χ1) is 8.80. The topological polar surface area (TPSA) is 17.1 Å². The zero-order valence-corrected chi connectivity index (χ0v) is 13.0. The van der Waals surface area contributed by atoms with Gasteiger partial charge in [0.1, 0.15) is 0 Å². The molecule has 0 unspecified atom stereocenters. The molecule has 2 rings (SSSR count). The fraction of sp³-hybridized carbons (Fsp3) is 0.353. The molecule has 0 atom stereocenters. The van der Waals surface area contributed by atoms with Gasteiger partial charge in [0, 0.05) is 5.56 Å². The van der Waals surface area contributed by atoms with Gasteiger partial charge in [0.05, 0.1) is 4.88 Å². The predicted octanol–water partition coefficient (Wildman–Crippen LogP) is 4.89. The molecule has 0 aliphatic rings. The van der Waals surface area contributed by atoms with Gasteiger partial charge in [0.2, 0.25) is 5.78 Å². The summed E-state index contributed by atoms with van der Waals surface area (Å²) in [7, 11) is 0. The number of aryl methyl sites for hydroxylation is 2. The van der Waals surface area contributed by atoms with Gasteiger partial charge in [-0.1, -0.05) is 39.0 Å². The summed E-state index contributed by atoms with van der Waals surface area (Å²) in [5.41, 5.74) is 4.40. The Morgan fingerprint density at radius 2 is 1.68 bits per heavy atom. The van der Waals surface area contributed by atoms with Crippen molar-refractivity contribution in [1.82, 2.24) is 0 Å². The Morgan fingerprint density at radius 1 is 1.11 bits per heavy atom. The Kier molecular flexibility index (Phi) is 3.64. The molecule has 0 N–H and O–H groups in total. The zero-order valence-electron chi connectivity index (χ0n) is 12.2. The summed E-state index contributed by atoms with van der Waals surface area (Å²) in [5, 5.41) is 1.95. The Morgan fingerprint density at radius 3 is 2.11 bits per heavy atom. The summed E-state index contributed by atoms with van der Waals surface area (Å²) in [4.78, 5) is 13.3. The van der Waals surface area contributed by atoms with Crippen LogP contribution >= 0.6 is 11.3 Å². The van der Waals surface area contributed by atoms with Gasteiger partial charge in [0.25, 0.3) is 0 Å². The highest BCUT2D eigenvalue weighted by Gasteiger charge is 2.20. The van der Waals surface area contributed by atoms with Gasteiger partial charge in [-0.2, -0.15) is 0 Å². The van der Waals surface area contributed by atoms with Crippen molar-refractivity contribution in [2.45, 2.75) is 40.0 Å². The van der Waals surface area contributed by atoms with Crippen LogP contribution in [0.1, 0.15) is 52.7 Å². The molecule has 0 saturated carbocycles. The lowest BCUT2D eigenvalue weighted by Gasteiger charge is -2.22. The van der Waals surface area contributed by atoms with E-state index in [2.05, 4.69) is 32.9 Å². The average Bonchev–Trinajstić information content (AvgIpc) is 2.79. The maximum absolute atomic E-state index is 12.5. The van der Waals surface area contributed by atoms with Crippen molar-refractivity contribution in [3.05, 3.63) is 56.8 Å². The van der Waals surface area contributed by atoms with Crippen LogP contribution in [0.5, 0.6) is 0 Å². The van der Waals surface area contributed by atoms with Gasteiger partial charge in [-0.15, -0.1) is 11.3 Å². The average molecular weight is 272 g/mol. The van der Waals surface area contributed by atoms with E-state index < -0.39 is 0 Å². The smallest absolute Gasteiger partial charge is 0.203 e. The molecule has 1 aromatic heterocycles. The summed E-state index contributed by atoms with van der Waals surface area (Å²) >= 11 is 1.50. The van der Waals surface area contributed by atoms with Crippen molar-refractivity contribution in [3.8, 4) is 0 Å². The van der Waals surface area contributed by atoms with Crippen molar-refractivity contribution in [2.75, 3.05) is 0 Å². The summed E-state index contributed by atoms with van der Waals surface area (Å²) in [6.07, 6.45) is 0. The molecule has 0 saturated heterocycles. The Bertz CT molecular complexity index is 578. The number of benzene rings is 1. The fourth-order valence-corrected chi connectivity index (χ4v) is 2.96. The second-order valence-corrected chi connectivity index (χ2v) is 6.99. The summed E-state index contributed by atoms with van der Waals surface area (Å²) in [6.45, 7) is 10.7. The lowest BCUT2D eigenvalue weighted by atomic mass is 9.83. The molecule has 0 bridgehead atoms. The Balaban J connectivity index is 2.52. The third-order valence-corrected chi connectivity index (χ3v) is 4.24. The van der Waals surface area contributed by atoms with Crippen LogP contribution in [0.4, 0.5) is 0 Å². The molecule has 1 heterocycles. The van der Waals surface area contributed by atoms with Gasteiger partial charge < -0.3 is 0 Å². The van der Waals surface area contributed by atoms with E-state index in [9.17, 15) is 4.79 Å². The molecule has 2 heteroatoms. The molecule has 0 amide bonds. The van der Waals surface area contributed by atoms with Gasteiger partial charge in [0.15, 0.2) is 0 Å². The maximum atomic E-state index is 12.5. The Labute approximate surface area is 119 Å². The van der Waals surface area contributed by atoms with Crippen molar-refractivity contribution in [3.63, 3.8) is 0 Å². The van der Waals surface area contributed by atoms with Gasteiger partial charge >= 0.3 is 0 Å². The highest BCUT2D eigenvalue weighted by molar-refractivity contribution is 7.12. The van der Waals surface area contributed by atoms with Crippen molar-refractivity contribution in [1.29, 1.82) is 0 Å². The first-order valence-electron chi connectivity index (χ1n) is 6.50. The molecule has 0 aliphatic carbocycles. The van der Waals surface area contributed by atoms with E-state index >= 15 is 0 Å². The molecule has 0 fully saturated rings. The van der Waals surface area contributed by atoms with E-state index in [4.69, 9.17) is 0 Å². The van der Waals surface area contributed by atoms with Crippen molar-refractivity contribution < 1.29 is 4.79 Å². The van der Waals surface area contributed by atoms with Crippen LogP contribution in [0.25, 0.3) is 0 Å². The zero-order chi connectivity index (χ0) is 14.2. The first-order valence-corrected chi connectivity index (χ1v) is 7.38. The fourth-order valence-electron chi connectivity index (χ4n) is 2.29. The number of hydrogen-bond donors (Lipinski definition) is 0. The second kappa shape index (κ2) is 4.93. The monoisotopic (exact) mass is 272 g/mol. The van der Waals surface area contributed by atoms with Crippen molar-refractivity contribution >= 4 is 17.1 Å².